The number of aromatic amines is 1. The summed E-state index contributed by atoms with van der Waals surface area (Å²) >= 11 is 0. The Hall–Kier alpha value is -1.87. The van der Waals surface area contributed by atoms with Gasteiger partial charge in [0.1, 0.15) is 0 Å². The minimum absolute atomic E-state index is 0.00568. The number of likely N-dealkylation sites (N-methyl/N-ethyl adjacent to an activating group) is 1. The Morgan fingerprint density at radius 1 is 1.24 bits per heavy atom. The maximum absolute atomic E-state index is 12.9. The highest BCUT2D eigenvalue weighted by molar-refractivity contribution is 7.91. The van der Waals surface area contributed by atoms with Crippen molar-refractivity contribution in [2.75, 3.05) is 45.2 Å². The fraction of sp³-hybridized carbons (Fsp3) is 0.625. The monoisotopic (exact) mass is 368 g/mol. The summed E-state index contributed by atoms with van der Waals surface area (Å²) < 4.78 is 24.4. The SMILES string of the molecule is Cc1[nH]ccc1C(=O)N1CCN(CC(=O)N(C)C)[C@@H]2CS(=O)(=O)C[C@@H]21. The largest absolute Gasteiger partial charge is 0.365 e. The van der Waals surface area contributed by atoms with Crippen LogP contribution in [0.5, 0.6) is 0 Å². The topological polar surface area (TPSA) is 93.8 Å². The Morgan fingerprint density at radius 3 is 2.52 bits per heavy atom. The molecule has 3 rings (SSSR count). The van der Waals surface area contributed by atoms with Crippen LogP contribution in [-0.4, -0.2) is 97.2 Å². The van der Waals surface area contributed by atoms with Gasteiger partial charge in [-0.3, -0.25) is 14.5 Å². The molecule has 0 saturated carbocycles. The van der Waals surface area contributed by atoms with Gasteiger partial charge in [-0.05, 0) is 13.0 Å². The van der Waals surface area contributed by atoms with Crippen molar-refractivity contribution in [3.05, 3.63) is 23.5 Å². The molecule has 2 atom stereocenters. The molecule has 2 saturated heterocycles. The zero-order valence-corrected chi connectivity index (χ0v) is 15.5. The number of aryl methyl sites for hydroxylation is 1. The number of H-pyrrole nitrogens is 1. The lowest BCUT2D eigenvalue weighted by Gasteiger charge is -2.43. The molecule has 3 heterocycles. The van der Waals surface area contributed by atoms with Gasteiger partial charge in [0.2, 0.25) is 5.91 Å². The van der Waals surface area contributed by atoms with Crippen molar-refractivity contribution in [1.82, 2.24) is 19.7 Å². The van der Waals surface area contributed by atoms with Gasteiger partial charge in [-0.1, -0.05) is 0 Å². The van der Waals surface area contributed by atoms with Gasteiger partial charge in [0.25, 0.3) is 5.91 Å². The lowest BCUT2D eigenvalue weighted by atomic mass is 10.0. The zero-order chi connectivity index (χ0) is 18.4. The summed E-state index contributed by atoms with van der Waals surface area (Å²) in [6.45, 7) is 2.91. The molecule has 1 aromatic heterocycles. The summed E-state index contributed by atoms with van der Waals surface area (Å²) in [6.07, 6.45) is 1.71. The summed E-state index contributed by atoms with van der Waals surface area (Å²) in [5.41, 5.74) is 1.34. The predicted octanol–water partition coefficient (Wildman–Crippen LogP) is -0.665. The third-order valence-corrected chi connectivity index (χ3v) is 6.77. The van der Waals surface area contributed by atoms with E-state index in [0.29, 0.717) is 18.7 Å². The summed E-state index contributed by atoms with van der Waals surface area (Å²) in [7, 11) is 0.129. The Kier molecular flexibility index (Phi) is 4.63. The molecule has 25 heavy (non-hydrogen) atoms. The van der Waals surface area contributed by atoms with E-state index < -0.39 is 15.9 Å². The van der Waals surface area contributed by atoms with Gasteiger partial charge in [-0.15, -0.1) is 0 Å². The van der Waals surface area contributed by atoms with Gasteiger partial charge in [0, 0.05) is 45.1 Å². The van der Waals surface area contributed by atoms with Gasteiger partial charge >= 0.3 is 0 Å². The quantitative estimate of drug-likeness (QED) is 0.764. The van der Waals surface area contributed by atoms with E-state index in [2.05, 4.69) is 4.98 Å². The highest BCUT2D eigenvalue weighted by atomic mass is 32.2. The zero-order valence-electron chi connectivity index (χ0n) is 14.7. The first kappa shape index (κ1) is 17.9. The molecular weight excluding hydrogens is 344 g/mol. The maximum Gasteiger partial charge on any atom is 0.256 e. The Balaban J connectivity index is 1.84. The molecule has 0 radical (unpaired) electrons. The van der Waals surface area contributed by atoms with Crippen LogP contribution in [-0.2, 0) is 14.6 Å². The lowest BCUT2D eigenvalue weighted by Crippen LogP contribution is -2.61. The van der Waals surface area contributed by atoms with Crippen molar-refractivity contribution < 1.29 is 18.0 Å². The van der Waals surface area contributed by atoms with Crippen LogP contribution in [0.1, 0.15) is 16.1 Å². The fourth-order valence-electron chi connectivity index (χ4n) is 3.63. The average Bonchev–Trinajstić information content (AvgIpc) is 3.08. The van der Waals surface area contributed by atoms with Crippen molar-refractivity contribution in [2.45, 2.75) is 19.0 Å². The number of carbonyl (C=O) groups is 2. The predicted molar refractivity (Wildman–Crippen MR) is 93.1 cm³/mol. The molecule has 2 aliphatic rings. The molecule has 8 nitrogen and oxygen atoms in total. The average molecular weight is 368 g/mol. The number of rotatable bonds is 3. The van der Waals surface area contributed by atoms with Gasteiger partial charge in [-0.2, -0.15) is 0 Å². The standard InChI is InChI=1S/C16H24N4O4S/c1-11-12(4-5-17-11)16(22)20-7-6-19(8-15(21)18(2)3)13-9-25(23,24)10-14(13)20/h4-5,13-14,17H,6-10H2,1-3H3/t13-,14+/m1/s1. The molecule has 0 bridgehead atoms. The number of hydrogen-bond acceptors (Lipinski definition) is 5. The normalized spacial score (nSPS) is 25.6. The molecular formula is C16H24N4O4S. The number of amides is 2. The second kappa shape index (κ2) is 6.45. The molecule has 0 aromatic carbocycles. The molecule has 1 N–H and O–H groups in total. The number of nitrogens with zero attached hydrogens (tertiary/aromatic N) is 3. The van der Waals surface area contributed by atoms with E-state index in [1.54, 1.807) is 31.3 Å². The second-order valence-electron chi connectivity index (χ2n) is 6.99. The van der Waals surface area contributed by atoms with Crippen LogP contribution in [0.25, 0.3) is 0 Å². The van der Waals surface area contributed by atoms with Crippen molar-refractivity contribution in [3.63, 3.8) is 0 Å². The van der Waals surface area contributed by atoms with Gasteiger partial charge < -0.3 is 14.8 Å². The molecule has 0 aliphatic carbocycles. The first-order valence-corrected chi connectivity index (χ1v) is 10.1. The molecule has 2 fully saturated rings. The van der Waals surface area contributed by atoms with Crippen LogP contribution in [0.2, 0.25) is 0 Å². The first-order chi connectivity index (χ1) is 11.7. The molecule has 0 unspecified atom stereocenters. The van der Waals surface area contributed by atoms with E-state index in [9.17, 15) is 18.0 Å². The van der Waals surface area contributed by atoms with Crippen molar-refractivity contribution in [1.29, 1.82) is 0 Å². The second-order valence-corrected chi connectivity index (χ2v) is 9.14. The Morgan fingerprint density at radius 2 is 1.92 bits per heavy atom. The Bertz CT molecular complexity index is 786. The van der Waals surface area contributed by atoms with Gasteiger partial charge in [-0.25, -0.2) is 8.42 Å². The maximum atomic E-state index is 12.9. The summed E-state index contributed by atoms with van der Waals surface area (Å²) in [6, 6.07) is 0.985. The molecule has 9 heteroatoms. The highest BCUT2D eigenvalue weighted by Crippen LogP contribution is 2.28. The van der Waals surface area contributed by atoms with E-state index in [4.69, 9.17) is 0 Å². The minimum atomic E-state index is -3.23. The van der Waals surface area contributed by atoms with Crippen molar-refractivity contribution in [3.8, 4) is 0 Å². The van der Waals surface area contributed by atoms with E-state index in [1.165, 1.54) is 4.90 Å². The number of sulfone groups is 1. The van der Waals surface area contributed by atoms with Crippen LogP contribution in [0.4, 0.5) is 0 Å². The van der Waals surface area contributed by atoms with Crippen molar-refractivity contribution in [2.24, 2.45) is 0 Å². The minimum Gasteiger partial charge on any atom is -0.365 e. The summed E-state index contributed by atoms with van der Waals surface area (Å²) in [4.78, 5) is 33.0. The number of fused-ring (bicyclic) bond motifs is 1. The molecule has 2 amide bonds. The third-order valence-electron chi connectivity index (χ3n) is 5.07. The molecule has 0 spiro atoms. The number of carbonyl (C=O) groups excluding carboxylic acids is 2. The van der Waals surface area contributed by atoms with Crippen LogP contribution < -0.4 is 0 Å². The van der Waals surface area contributed by atoms with Crippen LogP contribution in [0.3, 0.4) is 0 Å². The van der Waals surface area contributed by atoms with E-state index >= 15 is 0 Å². The molecule has 1 aromatic rings. The van der Waals surface area contributed by atoms with E-state index in [0.717, 1.165) is 5.69 Å². The third kappa shape index (κ3) is 3.43. The fourth-order valence-corrected chi connectivity index (χ4v) is 5.64. The Labute approximate surface area is 147 Å². The molecule has 2 aliphatic heterocycles. The van der Waals surface area contributed by atoms with Crippen molar-refractivity contribution >= 4 is 21.7 Å². The smallest absolute Gasteiger partial charge is 0.256 e. The lowest BCUT2D eigenvalue weighted by molar-refractivity contribution is -0.131. The van der Waals surface area contributed by atoms with Crippen LogP contribution in [0.15, 0.2) is 12.3 Å². The van der Waals surface area contributed by atoms with Crippen LogP contribution in [0, 0.1) is 6.92 Å². The molecule has 138 valence electrons. The number of aromatic nitrogens is 1. The van der Waals surface area contributed by atoms with E-state index in [1.807, 2.05) is 11.8 Å². The summed E-state index contributed by atoms with van der Waals surface area (Å²) in [5, 5.41) is 0. The van der Waals surface area contributed by atoms with Gasteiger partial charge in [0.05, 0.1) is 29.7 Å². The number of nitrogens with one attached hydrogen (secondary N) is 1. The first-order valence-electron chi connectivity index (χ1n) is 8.29. The van der Waals surface area contributed by atoms with Crippen LogP contribution >= 0.6 is 0 Å². The number of piperazine rings is 1. The summed E-state index contributed by atoms with van der Waals surface area (Å²) in [5.74, 6) is -0.262. The number of hydrogen-bond donors (Lipinski definition) is 1. The van der Waals surface area contributed by atoms with Gasteiger partial charge in [0.15, 0.2) is 9.84 Å². The highest BCUT2D eigenvalue weighted by Gasteiger charge is 2.48. The van der Waals surface area contributed by atoms with E-state index in [-0.39, 0.29) is 35.9 Å².